The van der Waals surface area contributed by atoms with Crippen molar-refractivity contribution in [3.8, 4) is 5.75 Å². The zero-order valence-electron chi connectivity index (χ0n) is 24.8. The Morgan fingerprint density at radius 2 is 1.77 bits per heavy atom. The number of Topliss-reactive ketones (excluding diaryl/α,β-unsaturated/α-hetero) is 2. The Morgan fingerprint density at radius 1 is 1.14 bits per heavy atom. The third kappa shape index (κ3) is 4.89. The number of primary amides is 1. The molecule has 4 aliphatic carbocycles. The van der Waals surface area contributed by atoms with Crippen LogP contribution in [0.5, 0.6) is 5.75 Å². The van der Waals surface area contributed by atoms with Crippen LogP contribution in [-0.4, -0.2) is 75.1 Å². The molecule has 10 nitrogen and oxygen atoms in total. The number of hydrogen-bond acceptors (Lipinski definition) is 9. The van der Waals surface area contributed by atoms with Crippen LogP contribution in [0.15, 0.2) is 23.0 Å². The Labute approximate surface area is 252 Å². The van der Waals surface area contributed by atoms with Crippen molar-refractivity contribution in [1.82, 2.24) is 10.2 Å². The van der Waals surface area contributed by atoms with Gasteiger partial charge in [-0.15, -0.1) is 0 Å². The molecule has 1 aromatic carbocycles. The number of alkyl halides is 3. The maximum atomic E-state index is 14.7. The van der Waals surface area contributed by atoms with E-state index in [2.05, 4.69) is 12.2 Å². The van der Waals surface area contributed by atoms with E-state index in [9.17, 15) is 48.0 Å². The molecule has 2 fully saturated rings. The number of nitrogens with one attached hydrogen (secondary N) is 1. The Hall–Kier alpha value is -3.42. The molecule has 1 aromatic rings. The van der Waals surface area contributed by atoms with Gasteiger partial charge in [-0.25, -0.2) is 0 Å². The van der Waals surface area contributed by atoms with E-state index < -0.39 is 98.7 Å². The van der Waals surface area contributed by atoms with E-state index in [0.717, 1.165) is 38.2 Å². The molecule has 0 radical (unpaired) electrons. The van der Waals surface area contributed by atoms with Gasteiger partial charge in [0.15, 0.2) is 11.4 Å². The second kappa shape index (κ2) is 10.9. The first kappa shape index (κ1) is 32.0. The number of amides is 1. The van der Waals surface area contributed by atoms with Crippen LogP contribution in [0.25, 0.3) is 5.76 Å². The number of carbonyl (C=O) groups excluding carboxylic acids is 3. The summed E-state index contributed by atoms with van der Waals surface area (Å²) in [6.07, 6.45) is -0.499. The van der Waals surface area contributed by atoms with Gasteiger partial charge in [0.2, 0.25) is 5.78 Å². The first-order valence-electron chi connectivity index (χ1n) is 14.7. The van der Waals surface area contributed by atoms with Gasteiger partial charge in [-0.1, -0.05) is 26.2 Å². The minimum Gasteiger partial charge on any atom is -0.508 e. The largest absolute Gasteiger partial charge is 0.508 e. The molecule has 0 bridgehead atoms. The minimum atomic E-state index is -4.88. The minimum absolute atomic E-state index is 0.0587. The van der Waals surface area contributed by atoms with Gasteiger partial charge < -0.3 is 31.5 Å². The standard InChI is InChI=1S/C31H38F3N3O7/c1-29(7-5-4-6-8-29)13-36-12-15-11-18(38)20-16(22(15)31(32,33)34)9-14-10-17-23(37(2)3)25(40)21(28(35)43)27(42)30(17,44)26(41)19(14)24(20)39/h11,14,17,23,36,38-39,42,44H,4-10,12-13H2,1-3H3,(H2,35,43)/t14-,17-,23-,30-/m0/s1. The number of nitrogens with two attached hydrogens (primary N) is 1. The van der Waals surface area contributed by atoms with E-state index in [1.807, 2.05) is 0 Å². The fraction of sp³-hybridized carbons (Fsp3) is 0.581. The van der Waals surface area contributed by atoms with Gasteiger partial charge >= 0.3 is 6.18 Å². The molecule has 4 atom stereocenters. The lowest BCUT2D eigenvalue weighted by Crippen LogP contribution is -2.65. The number of ketones is 2. The van der Waals surface area contributed by atoms with E-state index >= 15 is 0 Å². The Morgan fingerprint density at radius 3 is 2.34 bits per heavy atom. The van der Waals surface area contributed by atoms with Crippen LogP contribution in [0, 0.1) is 17.3 Å². The highest BCUT2D eigenvalue weighted by Gasteiger charge is 2.64. The quantitative estimate of drug-likeness (QED) is 0.261. The van der Waals surface area contributed by atoms with Gasteiger partial charge in [0.25, 0.3) is 5.91 Å². The summed E-state index contributed by atoms with van der Waals surface area (Å²) in [5.74, 6) is -8.99. The van der Waals surface area contributed by atoms with E-state index in [4.69, 9.17) is 5.73 Å². The fourth-order valence-electron chi connectivity index (χ4n) is 7.96. The Kier molecular flexibility index (Phi) is 7.91. The molecule has 0 aliphatic heterocycles. The smallest absolute Gasteiger partial charge is 0.417 e. The lowest BCUT2D eigenvalue weighted by Gasteiger charge is -2.50. The highest BCUT2D eigenvalue weighted by molar-refractivity contribution is 6.24. The zero-order chi connectivity index (χ0) is 32.5. The van der Waals surface area contributed by atoms with Crippen LogP contribution in [0.4, 0.5) is 13.2 Å². The summed E-state index contributed by atoms with van der Waals surface area (Å²) in [5, 5.41) is 48.0. The van der Waals surface area contributed by atoms with Crippen molar-refractivity contribution in [2.75, 3.05) is 20.6 Å². The number of phenolic OH excluding ortho intramolecular Hbond substituents is 1. The molecular weight excluding hydrogens is 583 g/mol. The summed E-state index contributed by atoms with van der Waals surface area (Å²) in [6, 6.07) is -0.413. The monoisotopic (exact) mass is 621 g/mol. The SMILES string of the molecule is CN(C)[C@@H]1C(=O)C(C(N)=O)=C(O)[C@@]2(O)C(=O)C3=C(O)c4c(O)cc(CNCC5(C)CCCCC5)c(C(F)(F)F)c4C[C@H]3C[C@@H]12. The van der Waals surface area contributed by atoms with Crippen LogP contribution < -0.4 is 11.1 Å². The number of likely N-dealkylation sites (N-methyl/N-ethyl adjacent to an activating group) is 1. The second-order valence-electron chi connectivity index (χ2n) is 13.2. The molecule has 240 valence electrons. The number of aromatic hydroxyl groups is 1. The molecule has 0 unspecified atom stereocenters. The highest BCUT2D eigenvalue weighted by atomic mass is 19.4. The number of aliphatic hydroxyl groups is 3. The predicted octanol–water partition coefficient (Wildman–Crippen LogP) is 3.04. The highest BCUT2D eigenvalue weighted by Crippen LogP contribution is 2.54. The van der Waals surface area contributed by atoms with Crippen molar-refractivity contribution >= 4 is 23.2 Å². The average molecular weight is 622 g/mol. The van der Waals surface area contributed by atoms with Gasteiger partial charge in [-0.2, -0.15) is 13.2 Å². The van der Waals surface area contributed by atoms with Crippen molar-refractivity contribution in [2.45, 2.75) is 76.2 Å². The molecule has 44 heavy (non-hydrogen) atoms. The van der Waals surface area contributed by atoms with Crippen LogP contribution in [0.1, 0.15) is 67.7 Å². The normalized spacial score (nSPS) is 28.6. The number of benzene rings is 1. The molecule has 4 aliphatic rings. The molecule has 2 saturated carbocycles. The van der Waals surface area contributed by atoms with Crippen LogP contribution in [0.2, 0.25) is 0 Å². The Balaban J connectivity index is 1.62. The molecule has 5 rings (SSSR count). The van der Waals surface area contributed by atoms with Gasteiger partial charge in [0.1, 0.15) is 22.8 Å². The number of halogens is 3. The molecular formula is C31H38F3N3O7. The maximum absolute atomic E-state index is 14.7. The number of rotatable bonds is 6. The van der Waals surface area contributed by atoms with E-state index in [-0.39, 0.29) is 23.9 Å². The van der Waals surface area contributed by atoms with Crippen molar-refractivity contribution in [2.24, 2.45) is 23.0 Å². The number of nitrogens with zero attached hydrogens (tertiary/aromatic N) is 1. The summed E-state index contributed by atoms with van der Waals surface area (Å²) in [7, 11) is 2.89. The van der Waals surface area contributed by atoms with Gasteiger partial charge in [-0.3, -0.25) is 19.3 Å². The topological polar surface area (TPSA) is 173 Å². The fourth-order valence-corrected chi connectivity index (χ4v) is 7.96. The second-order valence-corrected chi connectivity index (χ2v) is 13.2. The van der Waals surface area contributed by atoms with Crippen molar-refractivity contribution in [3.63, 3.8) is 0 Å². The number of carbonyl (C=O) groups is 3. The van der Waals surface area contributed by atoms with E-state index in [1.165, 1.54) is 19.0 Å². The Bertz CT molecular complexity index is 1490. The molecule has 13 heteroatoms. The maximum Gasteiger partial charge on any atom is 0.417 e. The molecule has 0 spiro atoms. The van der Waals surface area contributed by atoms with Crippen LogP contribution in [0.3, 0.4) is 0 Å². The van der Waals surface area contributed by atoms with Gasteiger partial charge in [0.05, 0.1) is 17.2 Å². The van der Waals surface area contributed by atoms with Gasteiger partial charge in [-0.05, 0) is 68.3 Å². The summed E-state index contributed by atoms with van der Waals surface area (Å²) < 4.78 is 44.2. The lowest BCUT2D eigenvalue weighted by molar-refractivity contribution is -0.153. The molecule has 0 heterocycles. The summed E-state index contributed by atoms with van der Waals surface area (Å²) in [5.41, 5.74) is -1.32. The molecule has 1 amide bonds. The molecule has 0 aromatic heterocycles. The molecule has 0 saturated heterocycles. The van der Waals surface area contributed by atoms with E-state index in [1.54, 1.807) is 0 Å². The van der Waals surface area contributed by atoms with Crippen molar-refractivity contribution < 1.29 is 48.0 Å². The number of phenols is 1. The van der Waals surface area contributed by atoms with Crippen LogP contribution >= 0.6 is 0 Å². The summed E-state index contributed by atoms with van der Waals surface area (Å²) in [4.78, 5) is 40.6. The average Bonchev–Trinajstić information content (AvgIpc) is 2.89. The number of aliphatic hydroxyl groups excluding tert-OH is 2. The van der Waals surface area contributed by atoms with E-state index in [0.29, 0.717) is 6.54 Å². The zero-order valence-corrected chi connectivity index (χ0v) is 24.8. The number of fused-ring (bicyclic) bond motifs is 3. The predicted molar refractivity (Wildman–Crippen MR) is 152 cm³/mol. The van der Waals surface area contributed by atoms with Crippen molar-refractivity contribution in [1.29, 1.82) is 0 Å². The number of hydrogen-bond donors (Lipinski definition) is 6. The first-order valence-corrected chi connectivity index (χ1v) is 14.7. The third-order valence-electron chi connectivity index (χ3n) is 10.0. The van der Waals surface area contributed by atoms with Gasteiger partial charge in [0, 0.05) is 24.6 Å². The first-order chi connectivity index (χ1) is 20.4. The summed E-state index contributed by atoms with van der Waals surface area (Å²) in [6.45, 7) is 2.38. The summed E-state index contributed by atoms with van der Waals surface area (Å²) >= 11 is 0. The molecule has 7 N–H and O–H groups in total. The third-order valence-corrected chi connectivity index (χ3v) is 10.0. The lowest BCUT2D eigenvalue weighted by atomic mass is 9.57. The van der Waals surface area contributed by atoms with Crippen LogP contribution in [-0.2, 0) is 33.5 Å². The van der Waals surface area contributed by atoms with Crippen molar-refractivity contribution in [3.05, 3.63) is 45.2 Å².